The van der Waals surface area contributed by atoms with Gasteiger partial charge in [0.05, 0.1) is 16.5 Å². The van der Waals surface area contributed by atoms with Crippen LogP contribution in [-0.4, -0.2) is 23.5 Å². The van der Waals surface area contributed by atoms with Gasteiger partial charge < -0.3 is 0 Å². The Bertz CT molecular complexity index is 983. The summed E-state index contributed by atoms with van der Waals surface area (Å²) in [5.74, 6) is -1.82. The first kappa shape index (κ1) is 17.1. The predicted octanol–water partition coefficient (Wildman–Crippen LogP) is 3.31. The molecule has 0 N–H and O–H groups in total. The molecule has 2 aliphatic heterocycles. The molecule has 132 valence electrons. The van der Waals surface area contributed by atoms with Gasteiger partial charge in [0, 0.05) is 18.2 Å². The number of fused-ring (bicyclic) bond motifs is 2. The number of para-hydroxylation sites is 1. The lowest BCUT2D eigenvalue weighted by atomic mass is 10.0. The molecule has 4 rings (SSSR count). The van der Waals surface area contributed by atoms with E-state index in [1.54, 1.807) is 24.3 Å². The number of imide groups is 1. The minimum absolute atomic E-state index is 0.0564. The molecule has 8 heteroatoms. The number of carbonyl (C=O) groups excluding carboxylic acids is 3. The van der Waals surface area contributed by atoms with Crippen LogP contribution in [0.5, 0.6) is 0 Å². The highest BCUT2D eigenvalue weighted by Gasteiger charge is 2.61. The molecule has 3 amide bonds. The molecule has 1 spiro atoms. The maximum atomic E-state index is 13.6. The summed E-state index contributed by atoms with van der Waals surface area (Å²) in [7, 11) is 0. The second kappa shape index (κ2) is 5.82. The first-order valence-electron chi connectivity index (χ1n) is 7.74. The summed E-state index contributed by atoms with van der Waals surface area (Å²) in [4.78, 5) is 39.1. The molecule has 1 saturated heterocycles. The topological polar surface area (TPSA) is 57.7 Å². The molecule has 1 fully saturated rings. The van der Waals surface area contributed by atoms with E-state index in [4.69, 9.17) is 11.6 Å². The maximum absolute atomic E-state index is 13.6. The summed E-state index contributed by atoms with van der Waals surface area (Å²) in [6.45, 7) is 1.30. The number of nitrogens with zero attached hydrogens (tertiary/aromatic N) is 2. The number of carbonyl (C=O) groups is 3. The van der Waals surface area contributed by atoms with Crippen LogP contribution in [0, 0.1) is 5.82 Å². The summed E-state index contributed by atoms with van der Waals surface area (Å²) in [5, 5.41) is -0.149. The Hall–Kier alpha value is -2.38. The lowest BCUT2D eigenvalue weighted by molar-refractivity contribution is -0.128. The van der Waals surface area contributed by atoms with Gasteiger partial charge in [-0.3, -0.25) is 19.3 Å². The second-order valence-electron chi connectivity index (χ2n) is 5.94. The van der Waals surface area contributed by atoms with Crippen molar-refractivity contribution in [1.82, 2.24) is 0 Å². The molecule has 1 atom stereocenters. The minimum Gasteiger partial charge on any atom is -0.283 e. The van der Waals surface area contributed by atoms with E-state index in [0.717, 1.165) is 22.7 Å². The van der Waals surface area contributed by atoms with E-state index in [2.05, 4.69) is 0 Å². The van der Waals surface area contributed by atoms with Crippen molar-refractivity contribution < 1.29 is 18.8 Å². The Morgan fingerprint density at radius 1 is 1.23 bits per heavy atom. The van der Waals surface area contributed by atoms with Gasteiger partial charge in [-0.1, -0.05) is 29.8 Å². The summed E-state index contributed by atoms with van der Waals surface area (Å²) in [6.07, 6.45) is 0. The summed E-state index contributed by atoms with van der Waals surface area (Å²) in [5.41, 5.74) is 1.31. The number of halogens is 2. The van der Waals surface area contributed by atoms with Crippen LogP contribution in [-0.2, 0) is 19.3 Å². The number of hydrogen-bond donors (Lipinski definition) is 0. The fourth-order valence-electron chi connectivity index (χ4n) is 3.42. The molecule has 2 heterocycles. The Balaban J connectivity index is 1.96. The summed E-state index contributed by atoms with van der Waals surface area (Å²) < 4.78 is 13.6. The van der Waals surface area contributed by atoms with E-state index in [9.17, 15) is 18.8 Å². The largest absolute Gasteiger partial charge is 0.283 e. The highest BCUT2D eigenvalue weighted by molar-refractivity contribution is 8.02. The summed E-state index contributed by atoms with van der Waals surface area (Å²) >= 11 is 7.02. The number of rotatable bonds is 1. The third-order valence-corrected chi connectivity index (χ3v) is 6.12. The van der Waals surface area contributed by atoms with Crippen LogP contribution in [0.15, 0.2) is 42.5 Å². The number of thioether (sulfide) groups is 1. The molecule has 0 saturated carbocycles. The number of hydrogen-bond acceptors (Lipinski definition) is 4. The van der Waals surface area contributed by atoms with Crippen molar-refractivity contribution in [3.05, 3.63) is 58.9 Å². The lowest BCUT2D eigenvalue weighted by Crippen LogP contribution is -2.50. The van der Waals surface area contributed by atoms with Gasteiger partial charge in [-0.05, 0) is 24.3 Å². The van der Waals surface area contributed by atoms with Crippen LogP contribution in [0.4, 0.5) is 15.8 Å². The third kappa shape index (κ3) is 2.13. The molecular formula is C18H12ClFN2O3S. The second-order valence-corrected chi connectivity index (χ2v) is 7.51. The van der Waals surface area contributed by atoms with Gasteiger partial charge in [-0.25, -0.2) is 9.29 Å². The van der Waals surface area contributed by atoms with E-state index < -0.39 is 22.5 Å². The molecule has 0 aromatic heterocycles. The van der Waals surface area contributed by atoms with Crippen LogP contribution in [0.3, 0.4) is 0 Å². The van der Waals surface area contributed by atoms with E-state index in [0.29, 0.717) is 16.9 Å². The standard InChI is InChI=1S/C18H12ClFN2O3S/c1-10(23)21-15-5-3-2-4-12(15)18(17(21)25)22(16(24)9-26-18)11-6-7-14(20)13(19)8-11/h2-8H,9H2,1H3/t18-/m1/s1. The van der Waals surface area contributed by atoms with E-state index in [-0.39, 0.29) is 16.7 Å². The fourth-order valence-corrected chi connectivity index (χ4v) is 4.94. The van der Waals surface area contributed by atoms with Crippen molar-refractivity contribution in [3.8, 4) is 0 Å². The molecule has 0 aliphatic carbocycles. The minimum atomic E-state index is -1.40. The molecule has 2 aromatic rings. The SMILES string of the molecule is CC(=O)N1C(=O)[C@]2(SCC(=O)N2c2ccc(F)c(Cl)c2)c2ccccc21. The van der Waals surface area contributed by atoms with Gasteiger partial charge in [0.25, 0.3) is 5.91 Å². The van der Waals surface area contributed by atoms with Crippen molar-refractivity contribution >= 4 is 52.5 Å². The first-order valence-corrected chi connectivity index (χ1v) is 9.11. The van der Waals surface area contributed by atoms with E-state index in [1.807, 2.05) is 0 Å². The zero-order chi connectivity index (χ0) is 18.6. The zero-order valence-electron chi connectivity index (χ0n) is 13.5. The third-order valence-electron chi connectivity index (χ3n) is 4.45. The van der Waals surface area contributed by atoms with Gasteiger partial charge in [-0.15, -0.1) is 11.8 Å². The highest BCUT2D eigenvalue weighted by Crippen LogP contribution is 2.55. The van der Waals surface area contributed by atoms with Crippen molar-refractivity contribution in [1.29, 1.82) is 0 Å². The molecular weight excluding hydrogens is 379 g/mol. The fraction of sp³-hybridized carbons (Fsp3) is 0.167. The van der Waals surface area contributed by atoms with Gasteiger partial charge in [0.15, 0.2) is 0 Å². The molecule has 0 radical (unpaired) electrons. The lowest BCUT2D eigenvalue weighted by Gasteiger charge is -2.33. The van der Waals surface area contributed by atoms with E-state index >= 15 is 0 Å². The van der Waals surface area contributed by atoms with Crippen LogP contribution >= 0.6 is 23.4 Å². The molecule has 0 unspecified atom stereocenters. The average molecular weight is 391 g/mol. The first-order chi connectivity index (χ1) is 12.4. The maximum Gasteiger partial charge on any atom is 0.275 e. The molecule has 5 nitrogen and oxygen atoms in total. The Morgan fingerprint density at radius 2 is 1.96 bits per heavy atom. The zero-order valence-corrected chi connectivity index (χ0v) is 15.1. The smallest absolute Gasteiger partial charge is 0.275 e. The van der Waals surface area contributed by atoms with Gasteiger partial charge >= 0.3 is 0 Å². The molecule has 2 aromatic carbocycles. The Morgan fingerprint density at radius 3 is 2.65 bits per heavy atom. The Labute approximate surface area is 157 Å². The van der Waals surface area contributed by atoms with Crippen LogP contribution < -0.4 is 9.80 Å². The Kier molecular flexibility index (Phi) is 3.82. The predicted molar refractivity (Wildman–Crippen MR) is 97.6 cm³/mol. The van der Waals surface area contributed by atoms with Crippen molar-refractivity contribution in [2.24, 2.45) is 0 Å². The van der Waals surface area contributed by atoms with Crippen molar-refractivity contribution in [3.63, 3.8) is 0 Å². The number of benzene rings is 2. The number of amides is 3. The molecule has 0 bridgehead atoms. The van der Waals surface area contributed by atoms with Crippen LogP contribution in [0.25, 0.3) is 0 Å². The van der Waals surface area contributed by atoms with Crippen molar-refractivity contribution in [2.75, 3.05) is 15.6 Å². The van der Waals surface area contributed by atoms with Gasteiger partial charge in [0.2, 0.25) is 16.7 Å². The van der Waals surface area contributed by atoms with Gasteiger partial charge in [0.1, 0.15) is 5.82 Å². The van der Waals surface area contributed by atoms with Crippen LogP contribution in [0.1, 0.15) is 12.5 Å². The normalized spacial score (nSPS) is 21.7. The number of anilines is 2. The molecule has 26 heavy (non-hydrogen) atoms. The molecule has 2 aliphatic rings. The quantitative estimate of drug-likeness (QED) is 0.749. The van der Waals surface area contributed by atoms with Crippen molar-refractivity contribution in [2.45, 2.75) is 11.8 Å². The summed E-state index contributed by atoms with van der Waals surface area (Å²) in [6, 6.07) is 10.7. The average Bonchev–Trinajstić information content (AvgIpc) is 3.07. The van der Waals surface area contributed by atoms with Crippen LogP contribution in [0.2, 0.25) is 5.02 Å². The van der Waals surface area contributed by atoms with E-state index in [1.165, 1.54) is 24.0 Å². The highest BCUT2D eigenvalue weighted by atomic mass is 35.5. The monoisotopic (exact) mass is 390 g/mol. The van der Waals surface area contributed by atoms with Gasteiger partial charge in [-0.2, -0.15) is 0 Å².